The summed E-state index contributed by atoms with van der Waals surface area (Å²) in [7, 11) is 1.81. The van der Waals surface area contributed by atoms with Crippen LogP contribution in [0.15, 0.2) is 9.52 Å². The molecule has 0 amide bonds. The number of aliphatic imine (C=N–C) groups is 1. The minimum Gasteiger partial charge on any atom is -0.379 e. The summed E-state index contributed by atoms with van der Waals surface area (Å²) in [6.45, 7) is 11.8. The molecule has 8 heteroatoms. The van der Waals surface area contributed by atoms with Gasteiger partial charge in [-0.15, -0.1) is 0 Å². The van der Waals surface area contributed by atoms with E-state index in [0.717, 1.165) is 58.2 Å². The number of rotatable bonds is 9. The van der Waals surface area contributed by atoms with E-state index < -0.39 is 0 Å². The fourth-order valence-corrected chi connectivity index (χ4v) is 3.17. The summed E-state index contributed by atoms with van der Waals surface area (Å²) >= 11 is 0. The van der Waals surface area contributed by atoms with Crippen molar-refractivity contribution in [3.8, 4) is 0 Å². The van der Waals surface area contributed by atoms with Crippen LogP contribution in [0.2, 0.25) is 0 Å². The van der Waals surface area contributed by atoms with Gasteiger partial charge >= 0.3 is 0 Å². The van der Waals surface area contributed by atoms with Gasteiger partial charge in [0.2, 0.25) is 5.89 Å². The summed E-state index contributed by atoms with van der Waals surface area (Å²) in [6, 6.07) is 0.499. The maximum Gasteiger partial charge on any atom is 0.226 e. The second kappa shape index (κ2) is 11.1. The average molecular weight is 367 g/mol. The molecule has 2 N–H and O–H groups in total. The first-order valence-corrected chi connectivity index (χ1v) is 9.64. The molecule has 1 saturated heterocycles. The Labute approximate surface area is 156 Å². The molecule has 26 heavy (non-hydrogen) atoms. The monoisotopic (exact) mass is 366 g/mol. The van der Waals surface area contributed by atoms with Gasteiger partial charge in [0.05, 0.1) is 13.2 Å². The fourth-order valence-electron chi connectivity index (χ4n) is 3.17. The molecule has 0 aromatic carbocycles. The molecule has 1 unspecified atom stereocenters. The Bertz CT molecular complexity index is 540. The van der Waals surface area contributed by atoms with Gasteiger partial charge in [-0.25, -0.2) is 0 Å². The standard InChI is InChI=1S/C18H34N6O2/c1-14(2)12-16(24-8-10-25-11-9-24)13-21-18(19-4)20-7-5-6-17-22-15(3)23-26-17/h14,16H,5-13H2,1-4H3,(H2,19,20,21). The fraction of sp³-hybridized carbons (Fsp3) is 0.833. The van der Waals surface area contributed by atoms with E-state index in [0.29, 0.717) is 23.7 Å². The molecule has 148 valence electrons. The predicted octanol–water partition coefficient (Wildman–Crippen LogP) is 1.22. The lowest BCUT2D eigenvalue weighted by Gasteiger charge is -2.35. The number of nitrogens with one attached hydrogen (secondary N) is 2. The van der Waals surface area contributed by atoms with E-state index in [4.69, 9.17) is 9.26 Å². The number of aromatic nitrogens is 2. The van der Waals surface area contributed by atoms with Crippen LogP contribution in [-0.4, -0.2) is 73.5 Å². The molecule has 0 radical (unpaired) electrons. The van der Waals surface area contributed by atoms with Crippen LogP contribution in [0.1, 0.15) is 38.4 Å². The second-order valence-corrected chi connectivity index (χ2v) is 7.15. The van der Waals surface area contributed by atoms with Crippen molar-refractivity contribution >= 4 is 5.96 Å². The van der Waals surface area contributed by atoms with E-state index in [1.165, 1.54) is 6.42 Å². The van der Waals surface area contributed by atoms with Crippen molar-refractivity contribution in [3.63, 3.8) is 0 Å². The van der Waals surface area contributed by atoms with Gasteiger partial charge in [-0.2, -0.15) is 4.98 Å². The van der Waals surface area contributed by atoms with Gasteiger partial charge in [0.15, 0.2) is 11.8 Å². The Hall–Kier alpha value is -1.67. The lowest BCUT2D eigenvalue weighted by molar-refractivity contribution is 0.0132. The number of aryl methyl sites for hydroxylation is 2. The Balaban J connectivity index is 1.72. The highest BCUT2D eigenvalue weighted by Gasteiger charge is 2.22. The van der Waals surface area contributed by atoms with Gasteiger partial charge in [-0.1, -0.05) is 19.0 Å². The number of hydrogen-bond donors (Lipinski definition) is 2. The van der Waals surface area contributed by atoms with E-state index in [-0.39, 0.29) is 0 Å². The summed E-state index contributed by atoms with van der Waals surface area (Å²) in [6.07, 6.45) is 2.86. The van der Waals surface area contributed by atoms with E-state index in [1.54, 1.807) is 0 Å². The Morgan fingerprint density at radius 2 is 2.04 bits per heavy atom. The molecular formula is C18H34N6O2. The zero-order valence-corrected chi connectivity index (χ0v) is 16.6. The number of morpholine rings is 1. The number of nitrogens with zero attached hydrogens (tertiary/aromatic N) is 4. The minimum atomic E-state index is 0.499. The molecule has 1 atom stereocenters. The molecule has 2 rings (SSSR count). The number of guanidine groups is 1. The van der Waals surface area contributed by atoms with Gasteiger partial charge in [0.1, 0.15) is 0 Å². The van der Waals surface area contributed by atoms with Crippen molar-refractivity contribution in [3.05, 3.63) is 11.7 Å². The normalized spacial score (nSPS) is 17.5. The van der Waals surface area contributed by atoms with Crippen LogP contribution < -0.4 is 10.6 Å². The topological polar surface area (TPSA) is 87.8 Å². The molecule has 0 saturated carbocycles. The van der Waals surface area contributed by atoms with Crippen molar-refractivity contribution in [2.24, 2.45) is 10.9 Å². The number of ether oxygens (including phenoxy) is 1. The third-order valence-electron chi connectivity index (χ3n) is 4.46. The molecule has 2 heterocycles. The van der Waals surface area contributed by atoms with Gasteiger partial charge in [0.25, 0.3) is 0 Å². The van der Waals surface area contributed by atoms with Crippen molar-refractivity contribution in [2.45, 2.75) is 46.1 Å². The largest absolute Gasteiger partial charge is 0.379 e. The van der Waals surface area contributed by atoms with E-state index in [1.807, 2.05) is 14.0 Å². The van der Waals surface area contributed by atoms with Crippen LogP contribution in [-0.2, 0) is 11.2 Å². The van der Waals surface area contributed by atoms with Crippen LogP contribution in [0.3, 0.4) is 0 Å². The Morgan fingerprint density at radius 3 is 2.65 bits per heavy atom. The summed E-state index contributed by atoms with van der Waals surface area (Å²) in [5.74, 6) is 2.88. The first-order valence-electron chi connectivity index (χ1n) is 9.64. The van der Waals surface area contributed by atoms with E-state index in [9.17, 15) is 0 Å². The second-order valence-electron chi connectivity index (χ2n) is 7.15. The van der Waals surface area contributed by atoms with Crippen LogP contribution in [0.4, 0.5) is 0 Å². The van der Waals surface area contributed by atoms with Crippen LogP contribution in [0.5, 0.6) is 0 Å². The van der Waals surface area contributed by atoms with E-state index in [2.05, 4.69) is 44.5 Å². The molecule has 1 aliphatic heterocycles. The molecule has 0 aliphatic carbocycles. The predicted molar refractivity (Wildman–Crippen MR) is 102 cm³/mol. The molecule has 0 spiro atoms. The lowest BCUT2D eigenvalue weighted by Crippen LogP contribution is -2.51. The quantitative estimate of drug-likeness (QED) is 0.386. The molecule has 1 aromatic heterocycles. The van der Waals surface area contributed by atoms with Gasteiger partial charge in [-0.3, -0.25) is 9.89 Å². The highest BCUT2D eigenvalue weighted by Crippen LogP contribution is 2.13. The van der Waals surface area contributed by atoms with E-state index >= 15 is 0 Å². The molecule has 1 aliphatic rings. The summed E-state index contributed by atoms with van der Waals surface area (Å²) in [5, 5.41) is 10.7. The van der Waals surface area contributed by atoms with Crippen LogP contribution >= 0.6 is 0 Å². The summed E-state index contributed by atoms with van der Waals surface area (Å²) < 4.78 is 10.6. The first kappa shape index (κ1) is 20.6. The summed E-state index contributed by atoms with van der Waals surface area (Å²) in [4.78, 5) is 11.1. The lowest BCUT2D eigenvalue weighted by atomic mass is 10.0. The van der Waals surface area contributed by atoms with Crippen molar-refractivity contribution in [1.82, 2.24) is 25.7 Å². The zero-order valence-electron chi connectivity index (χ0n) is 16.6. The maximum absolute atomic E-state index is 5.49. The average Bonchev–Trinajstić information content (AvgIpc) is 3.05. The highest BCUT2D eigenvalue weighted by molar-refractivity contribution is 5.79. The molecule has 0 bridgehead atoms. The van der Waals surface area contributed by atoms with Crippen molar-refractivity contribution < 1.29 is 9.26 Å². The minimum absolute atomic E-state index is 0.499. The Morgan fingerprint density at radius 1 is 1.27 bits per heavy atom. The maximum atomic E-state index is 5.49. The van der Waals surface area contributed by atoms with Crippen molar-refractivity contribution in [1.29, 1.82) is 0 Å². The number of hydrogen-bond acceptors (Lipinski definition) is 6. The molecule has 8 nitrogen and oxygen atoms in total. The smallest absolute Gasteiger partial charge is 0.226 e. The SMILES string of the molecule is CN=C(NCCCc1nc(C)no1)NCC(CC(C)C)N1CCOCC1. The van der Waals surface area contributed by atoms with Crippen LogP contribution in [0, 0.1) is 12.8 Å². The van der Waals surface area contributed by atoms with Crippen LogP contribution in [0.25, 0.3) is 0 Å². The van der Waals surface area contributed by atoms with Gasteiger partial charge in [0, 0.05) is 45.7 Å². The third kappa shape index (κ3) is 7.29. The molecule has 1 fully saturated rings. The van der Waals surface area contributed by atoms with Gasteiger partial charge < -0.3 is 19.9 Å². The van der Waals surface area contributed by atoms with Gasteiger partial charge in [-0.05, 0) is 25.7 Å². The molecular weight excluding hydrogens is 332 g/mol. The third-order valence-corrected chi connectivity index (χ3v) is 4.46. The first-order chi connectivity index (χ1) is 12.6. The van der Waals surface area contributed by atoms with Crippen molar-refractivity contribution in [2.75, 3.05) is 46.4 Å². The summed E-state index contributed by atoms with van der Waals surface area (Å²) in [5.41, 5.74) is 0. The zero-order chi connectivity index (χ0) is 18.8. The molecule has 1 aromatic rings. The Kier molecular flexibility index (Phi) is 8.84. The highest BCUT2D eigenvalue weighted by atomic mass is 16.5.